The molecular weight excluding hydrogens is 244 g/mol. The third-order valence-electron chi connectivity index (χ3n) is 2.84. The highest BCUT2D eigenvalue weighted by Gasteiger charge is 2.15. The molecule has 0 saturated heterocycles. The van der Waals surface area contributed by atoms with E-state index in [-0.39, 0.29) is 5.91 Å². The molecule has 5 heteroatoms. The van der Waals surface area contributed by atoms with Gasteiger partial charge < -0.3 is 19.7 Å². The largest absolute Gasteiger partial charge is 0.388 e. The van der Waals surface area contributed by atoms with E-state index < -0.39 is 0 Å². The first-order valence-corrected chi connectivity index (χ1v) is 6.28. The Morgan fingerprint density at radius 3 is 2.05 bits per heavy atom. The van der Waals surface area contributed by atoms with E-state index in [0.29, 0.717) is 31.9 Å². The summed E-state index contributed by atoms with van der Waals surface area (Å²) < 4.78 is 10.1. The fourth-order valence-corrected chi connectivity index (χ4v) is 1.68. The Bertz CT molecular complexity index is 371. The molecule has 1 aromatic rings. The molecule has 1 rings (SSSR count). The van der Waals surface area contributed by atoms with Gasteiger partial charge in [-0.05, 0) is 24.3 Å². The van der Waals surface area contributed by atoms with E-state index >= 15 is 0 Å². The molecule has 0 aliphatic carbocycles. The minimum atomic E-state index is -0.00301. The van der Waals surface area contributed by atoms with Crippen molar-refractivity contribution in [2.24, 2.45) is 0 Å². The lowest BCUT2D eigenvalue weighted by Crippen LogP contribution is -2.36. The van der Waals surface area contributed by atoms with Crippen molar-refractivity contribution in [1.82, 2.24) is 4.90 Å². The maximum atomic E-state index is 12.4. The highest BCUT2D eigenvalue weighted by atomic mass is 16.5. The van der Waals surface area contributed by atoms with Crippen molar-refractivity contribution in [3.05, 3.63) is 29.8 Å². The molecule has 106 valence electrons. The maximum Gasteiger partial charge on any atom is 0.254 e. The van der Waals surface area contributed by atoms with Crippen LogP contribution in [-0.2, 0) is 9.47 Å². The molecule has 0 radical (unpaired) electrons. The Kier molecular flexibility index (Phi) is 6.92. The van der Waals surface area contributed by atoms with Gasteiger partial charge >= 0.3 is 0 Å². The first-order chi connectivity index (χ1) is 9.22. The number of amides is 1. The Morgan fingerprint density at radius 1 is 1.11 bits per heavy atom. The highest BCUT2D eigenvalue weighted by molar-refractivity contribution is 5.94. The van der Waals surface area contributed by atoms with E-state index in [1.165, 1.54) is 0 Å². The summed E-state index contributed by atoms with van der Waals surface area (Å²) in [6, 6.07) is 7.41. The molecule has 0 bridgehead atoms. The molecule has 0 heterocycles. The van der Waals surface area contributed by atoms with Gasteiger partial charge in [-0.25, -0.2) is 0 Å². The Morgan fingerprint density at radius 2 is 1.63 bits per heavy atom. The van der Waals surface area contributed by atoms with Gasteiger partial charge in [-0.2, -0.15) is 0 Å². The fraction of sp³-hybridized carbons (Fsp3) is 0.500. The summed E-state index contributed by atoms with van der Waals surface area (Å²) in [5.74, 6) is -0.00301. The van der Waals surface area contributed by atoms with Crippen LogP contribution in [0.1, 0.15) is 10.4 Å². The lowest BCUT2D eigenvalue weighted by Gasteiger charge is -2.22. The number of rotatable bonds is 8. The molecule has 0 unspecified atom stereocenters. The second-order valence-electron chi connectivity index (χ2n) is 4.11. The zero-order valence-electron chi connectivity index (χ0n) is 11.8. The first-order valence-electron chi connectivity index (χ1n) is 6.28. The van der Waals surface area contributed by atoms with Crippen LogP contribution in [0.15, 0.2) is 24.3 Å². The monoisotopic (exact) mass is 266 g/mol. The minimum Gasteiger partial charge on any atom is -0.388 e. The van der Waals surface area contributed by atoms with Crippen LogP contribution in [0.3, 0.4) is 0 Å². The Hall–Kier alpha value is -1.59. The van der Waals surface area contributed by atoms with E-state index in [9.17, 15) is 4.79 Å². The number of nitrogens with one attached hydrogen (secondary N) is 1. The smallest absolute Gasteiger partial charge is 0.254 e. The Labute approximate surface area is 114 Å². The number of ether oxygens (including phenoxy) is 2. The highest BCUT2D eigenvalue weighted by Crippen LogP contribution is 2.11. The molecule has 0 aliphatic heterocycles. The van der Waals surface area contributed by atoms with Gasteiger partial charge in [0.25, 0.3) is 5.91 Å². The van der Waals surface area contributed by atoms with Gasteiger partial charge in [0, 0.05) is 45.6 Å². The molecule has 1 N–H and O–H groups in total. The molecule has 0 spiro atoms. The number of benzene rings is 1. The molecule has 0 aliphatic rings. The summed E-state index contributed by atoms with van der Waals surface area (Å²) in [6.45, 7) is 2.16. The van der Waals surface area contributed by atoms with Crippen LogP contribution in [0.5, 0.6) is 0 Å². The van der Waals surface area contributed by atoms with Crippen molar-refractivity contribution in [3.63, 3.8) is 0 Å². The van der Waals surface area contributed by atoms with Crippen molar-refractivity contribution in [1.29, 1.82) is 0 Å². The number of methoxy groups -OCH3 is 2. The van der Waals surface area contributed by atoms with Crippen molar-refractivity contribution in [3.8, 4) is 0 Å². The number of carbonyl (C=O) groups is 1. The quantitative estimate of drug-likeness (QED) is 0.774. The molecule has 0 aromatic heterocycles. The van der Waals surface area contributed by atoms with Crippen LogP contribution >= 0.6 is 0 Å². The number of carbonyl (C=O) groups excluding carboxylic acids is 1. The third kappa shape index (κ3) is 4.89. The molecule has 0 saturated carbocycles. The molecular formula is C14H22N2O3. The van der Waals surface area contributed by atoms with E-state index in [4.69, 9.17) is 9.47 Å². The van der Waals surface area contributed by atoms with E-state index in [2.05, 4.69) is 5.32 Å². The number of hydrogen-bond donors (Lipinski definition) is 1. The lowest BCUT2D eigenvalue weighted by molar-refractivity contribution is 0.0627. The summed E-state index contributed by atoms with van der Waals surface area (Å²) in [5, 5.41) is 3.03. The van der Waals surface area contributed by atoms with Crippen molar-refractivity contribution >= 4 is 11.6 Å². The van der Waals surface area contributed by atoms with Crippen LogP contribution in [0.4, 0.5) is 5.69 Å². The average molecular weight is 266 g/mol. The minimum absolute atomic E-state index is 0.00301. The van der Waals surface area contributed by atoms with E-state index in [0.717, 1.165) is 5.69 Å². The van der Waals surface area contributed by atoms with Gasteiger partial charge in [0.15, 0.2) is 0 Å². The Balaban J connectivity index is 2.72. The summed E-state index contributed by atoms with van der Waals surface area (Å²) in [6.07, 6.45) is 0. The van der Waals surface area contributed by atoms with Crippen LogP contribution in [0.25, 0.3) is 0 Å². The fourth-order valence-electron chi connectivity index (χ4n) is 1.68. The van der Waals surface area contributed by atoms with Gasteiger partial charge in [0.1, 0.15) is 0 Å². The van der Waals surface area contributed by atoms with Crippen LogP contribution in [0, 0.1) is 0 Å². The van der Waals surface area contributed by atoms with Crippen LogP contribution in [0.2, 0.25) is 0 Å². The molecule has 0 atom stereocenters. The predicted octanol–water partition coefficient (Wildman–Crippen LogP) is 1.46. The normalized spacial score (nSPS) is 10.3. The average Bonchev–Trinajstić information content (AvgIpc) is 2.47. The molecule has 19 heavy (non-hydrogen) atoms. The van der Waals surface area contributed by atoms with Crippen molar-refractivity contribution in [2.75, 3.05) is 52.9 Å². The second kappa shape index (κ2) is 8.50. The third-order valence-corrected chi connectivity index (χ3v) is 2.84. The summed E-state index contributed by atoms with van der Waals surface area (Å²) in [4.78, 5) is 14.1. The maximum absolute atomic E-state index is 12.4. The molecule has 5 nitrogen and oxygen atoms in total. The SMILES string of the molecule is CNc1ccc(C(=O)N(CCOC)CCOC)cc1. The molecule has 1 aromatic carbocycles. The van der Waals surface area contributed by atoms with Gasteiger partial charge in [-0.1, -0.05) is 0 Å². The van der Waals surface area contributed by atoms with Crippen molar-refractivity contribution < 1.29 is 14.3 Å². The summed E-state index contributed by atoms with van der Waals surface area (Å²) in [7, 11) is 5.10. The summed E-state index contributed by atoms with van der Waals surface area (Å²) >= 11 is 0. The molecule has 1 amide bonds. The first kappa shape index (κ1) is 15.5. The van der Waals surface area contributed by atoms with E-state index in [1.54, 1.807) is 19.1 Å². The van der Waals surface area contributed by atoms with Gasteiger partial charge in [-0.15, -0.1) is 0 Å². The molecule has 0 fully saturated rings. The number of hydrogen-bond acceptors (Lipinski definition) is 4. The van der Waals surface area contributed by atoms with Crippen LogP contribution in [-0.4, -0.2) is 58.4 Å². The standard InChI is InChI=1S/C14H22N2O3/c1-15-13-6-4-12(5-7-13)14(17)16(8-10-18-2)9-11-19-3/h4-7,15H,8-11H2,1-3H3. The topological polar surface area (TPSA) is 50.8 Å². The van der Waals surface area contributed by atoms with Crippen molar-refractivity contribution in [2.45, 2.75) is 0 Å². The van der Waals surface area contributed by atoms with Gasteiger partial charge in [0.05, 0.1) is 13.2 Å². The van der Waals surface area contributed by atoms with E-state index in [1.807, 2.05) is 31.3 Å². The predicted molar refractivity (Wildman–Crippen MR) is 75.6 cm³/mol. The second-order valence-corrected chi connectivity index (χ2v) is 4.11. The zero-order valence-corrected chi connectivity index (χ0v) is 11.8. The number of anilines is 1. The summed E-state index contributed by atoms with van der Waals surface area (Å²) in [5.41, 5.74) is 1.66. The van der Waals surface area contributed by atoms with Gasteiger partial charge in [0.2, 0.25) is 0 Å². The number of nitrogens with zero attached hydrogens (tertiary/aromatic N) is 1. The zero-order chi connectivity index (χ0) is 14.1. The van der Waals surface area contributed by atoms with Gasteiger partial charge in [-0.3, -0.25) is 4.79 Å². The van der Waals surface area contributed by atoms with Crippen LogP contribution < -0.4 is 5.32 Å². The lowest BCUT2D eigenvalue weighted by atomic mass is 10.2.